The van der Waals surface area contributed by atoms with Gasteiger partial charge in [0.05, 0.1) is 18.1 Å². The van der Waals surface area contributed by atoms with Crippen LogP contribution in [0.3, 0.4) is 0 Å². The first-order valence-corrected chi connectivity index (χ1v) is 7.58. The van der Waals surface area contributed by atoms with Gasteiger partial charge in [-0.3, -0.25) is 0 Å². The number of sulfonamides is 1. The molecular formula is C11H14BrNO4S. The van der Waals surface area contributed by atoms with E-state index in [1.165, 1.54) is 17.5 Å². The molecule has 1 aliphatic heterocycles. The van der Waals surface area contributed by atoms with Gasteiger partial charge < -0.3 is 9.47 Å². The molecule has 0 atom stereocenters. The second-order valence-corrected chi connectivity index (χ2v) is 6.86. The largest absolute Gasteiger partial charge is 0.497 e. The lowest BCUT2D eigenvalue weighted by atomic mass is 10.2. The van der Waals surface area contributed by atoms with E-state index in [2.05, 4.69) is 15.9 Å². The van der Waals surface area contributed by atoms with Crippen molar-refractivity contribution in [2.24, 2.45) is 0 Å². The summed E-state index contributed by atoms with van der Waals surface area (Å²) in [6.45, 7) is 0.793. The first-order chi connectivity index (χ1) is 8.47. The number of benzene rings is 1. The summed E-state index contributed by atoms with van der Waals surface area (Å²) in [5, 5.41) is 0. The van der Waals surface area contributed by atoms with Crippen molar-refractivity contribution in [3.63, 3.8) is 0 Å². The van der Waals surface area contributed by atoms with Crippen LogP contribution < -0.4 is 4.74 Å². The second kappa shape index (κ2) is 5.16. The molecule has 1 aromatic rings. The van der Waals surface area contributed by atoms with Crippen LogP contribution in [0.15, 0.2) is 27.6 Å². The van der Waals surface area contributed by atoms with Crippen molar-refractivity contribution in [2.75, 3.05) is 27.3 Å². The minimum atomic E-state index is -3.46. The first kappa shape index (κ1) is 13.8. The van der Waals surface area contributed by atoms with Gasteiger partial charge in [0, 0.05) is 30.7 Å². The van der Waals surface area contributed by atoms with Crippen LogP contribution in [-0.4, -0.2) is 46.1 Å². The average Bonchev–Trinajstić information content (AvgIpc) is 2.26. The van der Waals surface area contributed by atoms with Gasteiger partial charge in [0.1, 0.15) is 5.75 Å². The van der Waals surface area contributed by atoms with E-state index in [4.69, 9.17) is 9.47 Å². The van der Waals surface area contributed by atoms with Crippen LogP contribution in [0.1, 0.15) is 0 Å². The van der Waals surface area contributed by atoms with Gasteiger partial charge in [-0.25, -0.2) is 8.42 Å². The zero-order valence-corrected chi connectivity index (χ0v) is 12.5. The maximum atomic E-state index is 12.3. The van der Waals surface area contributed by atoms with E-state index < -0.39 is 10.0 Å². The highest BCUT2D eigenvalue weighted by molar-refractivity contribution is 9.10. The van der Waals surface area contributed by atoms with Gasteiger partial charge in [0.25, 0.3) is 0 Å². The van der Waals surface area contributed by atoms with Gasteiger partial charge in [-0.2, -0.15) is 4.31 Å². The maximum Gasteiger partial charge on any atom is 0.243 e. The summed E-state index contributed by atoms with van der Waals surface area (Å²) in [6, 6.07) is 4.80. The molecule has 0 aromatic heterocycles. The summed E-state index contributed by atoms with van der Waals surface area (Å²) in [7, 11) is -0.374. The molecule has 100 valence electrons. The predicted molar refractivity (Wildman–Crippen MR) is 70.2 cm³/mol. The molecule has 1 aromatic carbocycles. The molecular weight excluding hydrogens is 322 g/mol. The summed E-state index contributed by atoms with van der Waals surface area (Å²) >= 11 is 3.27. The molecule has 0 aliphatic carbocycles. The van der Waals surface area contributed by atoms with Crippen LogP contribution in [0.4, 0.5) is 0 Å². The highest BCUT2D eigenvalue weighted by Gasteiger charge is 2.37. The van der Waals surface area contributed by atoms with Gasteiger partial charge in [-0.15, -0.1) is 0 Å². The Kier molecular flexibility index (Phi) is 3.96. The number of hydrogen-bond acceptors (Lipinski definition) is 4. The van der Waals surface area contributed by atoms with E-state index >= 15 is 0 Å². The Morgan fingerprint density at radius 3 is 2.50 bits per heavy atom. The highest BCUT2D eigenvalue weighted by atomic mass is 79.9. The molecule has 0 saturated carbocycles. The van der Waals surface area contributed by atoms with E-state index in [-0.39, 0.29) is 11.0 Å². The Balaban J connectivity index is 2.28. The van der Waals surface area contributed by atoms with Crippen molar-refractivity contribution >= 4 is 26.0 Å². The van der Waals surface area contributed by atoms with E-state index in [9.17, 15) is 8.42 Å². The van der Waals surface area contributed by atoms with Crippen molar-refractivity contribution in [2.45, 2.75) is 11.0 Å². The molecule has 2 rings (SSSR count). The Bertz CT molecular complexity index is 540. The molecule has 7 heteroatoms. The van der Waals surface area contributed by atoms with Crippen LogP contribution in [-0.2, 0) is 14.8 Å². The molecule has 18 heavy (non-hydrogen) atoms. The smallest absolute Gasteiger partial charge is 0.243 e. The average molecular weight is 336 g/mol. The number of methoxy groups -OCH3 is 2. The van der Waals surface area contributed by atoms with Gasteiger partial charge >= 0.3 is 0 Å². The van der Waals surface area contributed by atoms with Crippen molar-refractivity contribution in [1.29, 1.82) is 0 Å². The SMILES string of the molecule is COc1cc(Br)cc(S(=O)(=O)N2CC(OC)C2)c1. The molecule has 1 fully saturated rings. The maximum absolute atomic E-state index is 12.3. The standard InChI is InChI=1S/C11H14BrNO4S/c1-16-9-3-8(12)4-11(5-9)18(14,15)13-6-10(7-13)17-2/h3-5,10H,6-7H2,1-2H3. The van der Waals surface area contributed by atoms with E-state index in [0.29, 0.717) is 23.3 Å². The van der Waals surface area contributed by atoms with E-state index in [1.807, 2.05) is 0 Å². The molecule has 0 spiro atoms. The van der Waals surface area contributed by atoms with Gasteiger partial charge in [0.15, 0.2) is 0 Å². The van der Waals surface area contributed by atoms with Crippen LogP contribution in [0.5, 0.6) is 5.75 Å². The first-order valence-electron chi connectivity index (χ1n) is 5.35. The Hall–Kier alpha value is -0.630. The number of ether oxygens (including phenoxy) is 2. The van der Waals surface area contributed by atoms with Crippen molar-refractivity contribution in [3.8, 4) is 5.75 Å². The molecule has 5 nitrogen and oxygen atoms in total. The van der Waals surface area contributed by atoms with Crippen molar-refractivity contribution in [1.82, 2.24) is 4.31 Å². The quantitative estimate of drug-likeness (QED) is 0.836. The third-order valence-corrected chi connectivity index (χ3v) is 5.13. The third kappa shape index (κ3) is 2.54. The fourth-order valence-corrected chi connectivity index (χ4v) is 3.89. The molecule has 1 aliphatic rings. The Morgan fingerprint density at radius 1 is 1.28 bits per heavy atom. The fraction of sp³-hybridized carbons (Fsp3) is 0.455. The topological polar surface area (TPSA) is 55.8 Å². The van der Waals surface area contributed by atoms with Crippen LogP contribution in [0.2, 0.25) is 0 Å². The Labute approximate surface area is 115 Å². The minimum absolute atomic E-state index is 0.00572. The fourth-order valence-electron chi connectivity index (χ4n) is 1.70. The van der Waals surface area contributed by atoms with Crippen LogP contribution in [0.25, 0.3) is 0 Å². The lowest BCUT2D eigenvalue weighted by Gasteiger charge is -2.36. The lowest BCUT2D eigenvalue weighted by molar-refractivity contribution is 0.0125. The molecule has 1 saturated heterocycles. The van der Waals surface area contributed by atoms with Crippen LogP contribution >= 0.6 is 15.9 Å². The monoisotopic (exact) mass is 335 g/mol. The van der Waals surface area contributed by atoms with Crippen LogP contribution in [0, 0.1) is 0 Å². The number of nitrogens with zero attached hydrogens (tertiary/aromatic N) is 1. The Morgan fingerprint density at radius 2 is 1.94 bits per heavy atom. The van der Waals surface area contributed by atoms with Crippen molar-refractivity contribution in [3.05, 3.63) is 22.7 Å². The zero-order valence-electron chi connectivity index (χ0n) is 10.1. The summed E-state index contributed by atoms with van der Waals surface area (Å²) in [4.78, 5) is 0.225. The molecule has 0 radical (unpaired) electrons. The highest BCUT2D eigenvalue weighted by Crippen LogP contribution is 2.28. The van der Waals surface area contributed by atoms with Gasteiger partial charge in [-0.1, -0.05) is 15.9 Å². The summed E-state index contributed by atoms with van der Waals surface area (Å²) in [5.74, 6) is 0.506. The number of halogens is 1. The van der Waals surface area contributed by atoms with Gasteiger partial charge in [-0.05, 0) is 12.1 Å². The lowest BCUT2D eigenvalue weighted by Crippen LogP contribution is -2.54. The second-order valence-electron chi connectivity index (χ2n) is 4.01. The van der Waals surface area contributed by atoms with Gasteiger partial charge in [0.2, 0.25) is 10.0 Å². The molecule has 1 heterocycles. The normalized spacial score (nSPS) is 17.5. The zero-order chi connectivity index (χ0) is 13.3. The minimum Gasteiger partial charge on any atom is -0.497 e. The third-order valence-electron chi connectivity index (χ3n) is 2.87. The number of hydrogen-bond donors (Lipinski definition) is 0. The molecule has 0 amide bonds. The van der Waals surface area contributed by atoms with E-state index in [0.717, 1.165) is 0 Å². The predicted octanol–water partition coefficient (Wildman–Crippen LogP) is 1.48. The summed E-state index contributed by atoms with van der Waals surface area (Å²) in [5.41, 5.74) is 0. The molecule has 0 bridgehead atoms. The summed E-state index contributed by atoms with van der Waals surface area (Å²) in [6.07, 6.45) is -0.00572. The molecule has 0 N–H and O–H groups in total. The van der Waals surface area contributed by atoms with Crippen molar-refractivity contribution < 1.29 is 17.9 Å². The summed E-state index contributed by atoms with van der Waals surface area (Å²) < 4.78 is 36.8. The molecule has 0 unspecified atom stereocenters. The number of rotatable bonds is 4. The van der Waals surface area contributed by atoms with E-state index in [1.54, 1.807) is 19.2 Å².